The largest absolute Gasteiger partial charge is 0.473 e. The van der Waals surface area contributed by atoms with Crippen molar-refractivity contribution in [2.75, 3.05) is 18.1 Å². The van der Waals surface area contributed by atoms with Gasteiger partial charge < -0.3 is 15.2 Å². The van der Waals surface area contributed by atoms with Gasteiger partial charge in [0.2, 0.25) is 5.88 Å². The van der Waals surface area contributed by atoms with Gasteiger partial charge in [-0.15, -0.1) is 0 Å². The second-order valence-corrected chi connectivity index (χ2v) is 6.61. The van der Waals surface area contributed by atoms with Gasteiger partial charge >= 0.3 is 0 Å². The van der Waals surface area contributed by atoms with E-state index < -0.39 is 5.54 Å². The Morgan fingerprint density at radius 2 is 2.45 bits per heavy atom. The number of ether oxygens (including phenoxy) is 1. The quantitative estimate of drug-likeness (QED) is 0.861. The molecule has 1 atom stereocenters. The van der Waals surface area contributed by atoms with Crippen LogP contribution in [0.5, 0.6) is 5.88 Å². The maximum atomic E-state index is 12.3. The first kappa shape index (κ1) is 15.1. The second-order valence-electron chi connectivity index (χ2n) is 5.46. The number of carbonyl (C=O) groups excluding carboxylic acids is 1. The molecule has 0 radical (unpaired) electrons. The number of aromatic nitrogens is 1. The standard InChI is InChI=1S/C14H20N2O3S/c1-14(2,9-17)16-12(18)11-4-3-6-15-13(11)19-10-5-7-20-8-10/h3-4,6,10,17H,5,7-9H2,1-2H3,(H,16,18). The van der Waals surface area contributed by atoms with Crippen LogP contribution in [0.4, 0.5) is 0 Å². The van der Waals surface area contributed by atoms with Gasteiger partial charge in [0.15, 0.2) is 0 Å². The van der Waals surface area contributed by atoms with Crippen LogP contribution in [0.25, 0.3) is 0 Å². The predicted octanol–water partition coefficient (Wildman–Crippen LogP) is 1.47. The zero-order chi connectivity index (χ0) is 14.6. The number of amides is 1. The normalized spacial score (nSPS) is 18.9. The van der Waals surface area contributed by atoms with Crippen LogP contribution >= 0.6 is 11.8 Å². The van der Waals surface area contributed by atoms with E-state index in [0.717, 1.165) is 17.9 Å². The van der Waals surface area contributed by atoms with E-state index in [0.29, 0.717) is 11.4 Å². The van der Waals surface area contributed by atoms with Crippen molar-refractivity contribution in [3.8, 4) is 5.88 Å². The fraction of sp³-hybridized carbons (Fsp3) is 0.571. The van der Waals surface area contributed by atoms with Crippen LogP contribution < -0.4 is 10.1 Å². The second kappa shape index (κ2) is 6.45. The van der Waals surface area contributed by atoms with Crippen molar-refractivity contribution in [2.24, 2.45) is 0 Å². The Morgan fingerprint density at radius 1 is 1.65 bits per heavy atom. The van der Waals surface area contributed by atoms with E-state index in [1.165, 1.54) is 0 Å². The Bertz CT molecular complexity index is 473. The summed E-state index contributed by atoms with van der Waals surface area (Å²) < 4.78 is 5.82. The average Bonchev–Trinajstić information content (AvgIpc) is 2.92. The molecule has 2 heterocycles. The van der Waals surface area contributed by atoms with Gasteiger partial charge in [-0.25, -0.2) is 4.98 Å². The van der Waals surface area contributed by atoms with Crippen molar-refractivity contribution < 1.29 is 14.6 Å². The SMILES string of the molecule is CC(C)(CO)NC(=O)c1cccnc1OC1CCSC1. The van der Waals surface area contributed by atoms with E-state index in [-0.39, 0.29) is 18.6 Å². The third kappa shape index (κ3) is 3.86. The summed E-state index contributed by atoms with van der Waals surface area (Å²) in [6.07, 6.45) is 2.71. The van der Waals surface area contributed by atoms with Crippen molar-refractivity contribution in [3.63, 3.8) is 0 Å². The summed E-state index contributed by atoms with van der Waals surface area (Å²) in [6.45, 7) is 3.39. The van der Waals surface area contributed by atoms with Gasteiger partial charge in [-0.1, -0.05) is 0 Å². The molecule has 0 aromatic carbocycles. The number of carbonyl (C=O) groups is 1. The molecule has 2 N–H and O–H groups in total. The smallest absolute Gasteiger partial charge is 0.257 e. The van der Waals surface area contributed by atoms with Crippen LogP contribution in [0.15, 0.2) is 18.3 Å². The van der Waals surface area contributed by atoms with Crippen molar-refractivity contribution in [1.82, 2.24) is 10.3 Å². The molecule has 1 aliphatic heterocycles. The van der Waals surface area contributed by atoms with Gasteiger partial charge in [0.1, 0.15) is 11.7 Å². The highest BCUT2D eigenvalue weighted by Gasteiger charge is 2.25. The topological polar surface area (TPSA) is 71.5 Å². The Balaban J connectivity index is 2.12. The Morgan fingerprint density at radius 3 is 3.10 bits per heavy atom. The summed E-state index contributed by atoms with van der Waals surface area (Å²) in [5.41, 5.74) is -0.265. The van der Waals surface area contributed by atoms with Gasteiger partial charge in [-0.2, -0.15) is 11.8 Å². The van der Waals surface area contributed by atoms with Crippen LogP contribution in [0.1, 0.15) is 30.6 Å². The summed E-state index contributed by atoms with van der Waals surface area (Å²) in [4.78, 5) is 16.4. The third-order valence-electron chi connectivity index (χ3n) is 3.03. The lowest BCUT2D eigenvalue weighted by atomic mass is 10.1. The molecule has 2 rings (SSSR count). The molecule has 1 amide bonds. The number of aliphatic hydroxyl groups is 1. The number of rotatable bonds is 5. The van der Waals surface area contributed by atoms with E-state index >= 15 is 0 Å². The minimum atomic E-state index is -0.673. The van der Waals surface area contributed by atoms with Gasteiger partial charge in [0, 0.05) is 11.9 Å². The molecule has 1 aromatic rings. The first-order chi connectivity index (χ1) is 9.52. The van der Waals surface area contributed by atoms with Gasteiger partial charge in [0.05, 0.1) is 12.1 Å². The highest BCUT2D eigenvalue weighted by atomic mass is 32.2. The van der Waals surface area contributed by atoms with Crippen molar-refractivity contribution >= 4 is 17.7 Å². The number of nitrogens with one attached hydrogen (secondary N) is 1. The van der Waals surface area contributed by atoms with Crippen LogP contribution in [0, 0.1) is 0 Å². The summed E-state index contributed by atoms with van der Waals surface area (Å²) >= 11 is 1.84. The van der Waals surface area contributed by atoms with E-state index in [9.17, 15) is 9.90 Å². The number of nitrogens with zero attached hydrogens (tertiary/aromatic N) is 1. The predicted molar refractivity (Wildman–Crippen MR) is 79.2 cm³/mol. The molecule has 0 aliphatic carbocycles. The maximum Gasteiger partial charge on any atom is 0.257 e. The summed E-state index contributed by atoms with van der Waals surface area (Å²) in [5, 5.41) is 12.0. The molecule has 20 heavy (non-hydrogen) atoms. The zero-order valence-corrected chi connectivity index (χ0v) is 12.6. The average molecular weight is 296 g/mol. The number of aliphatic hydroxyl groups excluding tert-OH is 1. The van der Waals surface area contributed by atoms with E-state index in [1.54, 1.807) is 32.2 Å². The first-order valence-corrected chi connectivity index (χ1v) is 7.80. The van der Waals surface area contributed by atoms with Crippen LogP contribution in [0.2, 0.25) is 0 Å². The first-order valence-electron chi connectivity index (χ1n) is 6.64. The molecule has 1 aliphatic rings. The highest BCUT2D eigenvalue weighted by molar-refractivity contribution is 7.99. The maximum absolute atomic E-state index is 12.3. The third-order valence-corrected chi connectivity index (χ3v) is 4.16. The molecule has 1 unspecified atom stereocenters. The Labute approximate surface area is 123 Å². The lowest BCUT2D eigenvalue weighted by Crippen LogP contribution is -2.46. The fourth-order valence-electron chi connectivity index (χ4n) is 1.84. The van der Waals surface area contributed by atoms with Crippen molar-refractivity contribution in [3.05, 3.63) is 23.9 Å². The number of pyridine rings is 1. The highest BCUT2D eigenvalue weighted by Crippen LogP contribution is 2.24. The molecule has 1 aromatic heterocycles. The fourth-order valence-corrected chi connectivity index (χ4v) is 2.93. The summed E-state index contributed by atoms with van der Waals surface area (Å²) in [5.74, 6) is 2.10. The number of hydrogen-bond donors (Lipinski definition) is 2. The minimum absolute atomic E-state index is 0.118. The zero-order valence-electron chi connectivity index (χ0n) is 11.8. The van der Waals surface area contributed by atoms with Crippen molar-refractivity contribution in [1.29, 1.82) is 0 Å². The summed E-state index contributed by atoms with van der Waals surface area (Å²) in [7, 11) is 0. The molecular formula is C14H20N2O3S. The molecule has 6 heteroatoms. The molecule has 0 saturated carbocycles. The molecule has 1 saturated heterocycles. The van der Waals surface area contributed by atoms with E-state index in [2.05, 4.69) is 10.3 Å². The van der Waals surface area contributed by atoms with Crippen LogP contribution in [-0.4, -0.2) is 45.8 Å². The van der Waals surface area contributed by atoms with Crippen LogP contribution in [0.3, 0.4) is 0 Å². The van der Waals surface area contributed by atoms with Crippen LogP contribution in [-0.2, 0) is 0 Å². The van der Waals surface area contributed by atoms with Gasteiger partial charge in [0.25, 0.3) is 5.91 Å². The molecular weight excluding hydrogens is 276 g/mol. The Kier molecular flexibility index (Phi) is 4.88. The minimum Gasteiger partial charge on any atom is -0.473 e. The Hall–Kier alpha value is -1.27. The summed E-state index contributed by atoms with van der Waals surface area (Å²) in [6, 6.07) is 3.39. The van der Waals surface area contributed by atoms with Gasteiger partial charge in [-0.3, -0.25) is 4.79 Å². The van der Waals surface area contributed by atoms with E-state index in [4.69, 9.17) is 4.74 Å². The van der Waals surface area contributed by atoms with E-state index in [1.807, 2.05) is 11.8 Å². The number of hydrogen-bond acceptors (Lipinski definition) is 5. The van der Waals surface area contributed by atoms with Gasteiger partial charge in [-0.05, 0) is 38.2 Å². The molecule has 5 nitrogen and oxygen atoms in total. The lowest BCUT2D eigenvalue weighted by molar-refractivity contribution is 0.0862. The van der Waals surface area contributed by atoms with Crippen molar-refractivity contribution in [2.45, 2.75) is 31.9 Å². The lowest BCUT2D eigenvalue weighted by Gasteiger charge is -2.24. The monoisotopic (exact) mass is 296 g/mol. The molecule has 0 spiro atoms. The molecule has 1 fully saturated rings. The molecule has 110 valence electrons. The molecule has 0 bridgehead atoms. The number of thioether (sulfide) groups is 1.